The lowest BCUT2D eigenvalue weighted by Gasteiger charge is -2.53. The van der Waals surface area contributed by atoms with E-state index >= 15 is 0 Å². The van der Waals surface area contributed by atoms with Crippen molar-refractivity contribution in [3.05, 3.63) is 0 Å². The molecule has 0 saturated carbocycles. The summed E-state index contributed by atoms with van der Waals surface area (Å²) in [4.78, 5) is 2.58. The number of hydrogen-bond acceptors (Lipinski definition) is 2. The molecule has 2 fully saturated rings. The minimum Gasteiger partial charge on any atom is -0.303 e. The smallest absolute Gasteiger partial charge is 0.0945 e. The van der Waals surface area contributed by atoms with Crippen molar-refractivity contribution in [2.45, 2.75) is 40.0 Å². The zero-order valence-corrected chi connectivity index (χ0v) is 13.0. The van der Waals surface area contributed by atoms with E-state index in [1.165, 1.54) is 38.9 Å². The van der Waals surface area contributed by atoms with Gasteiger partial charge in [-0.2, -0.15) is 0 Å². The Morgan fingerprint density at radius 2 is 1.83 bits per heavy atom. The van der Waals surface area contributed by atoms with Gasteiger partial charge in [0.15, 0.2) is 0 Å². The van der Waals surface area contributed by atoms with Crippen LogP contribution in [0.5, 0.6) is 0 Å². The monoisotopic (exact) mass is 272 g/mol. The lowest BCUT2D eigenvalue weighted by atomic mass is 9.73. The third kappa shape index (κ3) is 3.34. The quantitative estimate of drug-likeness (QED) is 0.765. The molecule has 2 heterocycles. The van der Waals surface area contributed by atoms with Crippen molar-refractivity contribution in [3.63, 3.8) is 0 Å². The number of nitrogens with zero attached hydrogens (tertiary/aromatic N) is 2. The highest BCUT2D eigenvalue weighted by Gasteiger charge is 2.46. The molecule has 0 aromatic heterocycles. The van der Waals surface area contributed by atoms with Crippen LogP contribution in [0.2, 0.25) is 0 Å². The van der Waals surface area contributed by atoms with Crippen LogP contribution in [0.15, 0.2) is 0 Å². The summed E-state index contributed by atoms with van der Waals surface area (Å²) in [6.45, 7) is 12.5. The average molecular weight is 272 g/mol. The zero-order chi connectivity index (χ0) is 13.2. The fourth-order valence-corrected chi connectivity index (χ4v) is 4.74. The summed E-state index contributed by atoms with van der Waals surface area (Å²) in [5.41, 5.74) is 0.511. The van der Waals surface area contributed by atoms with E-state index in [9.17, 15) is 4.21 Å². The van der Waals surface area contributed by atoms with Crippen LogP contribution in [0.25, 0.3) is 0 Å². The van der Waals surface area contributed by atoms with Crippen molar-refractivity contribution in [2.75, 3.05) is 38.5 Å². The number of likely N-dealkylation sites (tertiary alicyclic amines) is 1. The van der Waals surface area contributed by atoms with Gasteiger partial charge in [0.2, 0.25) is 0 Å². The van der Waals surface area contributed by atoms with E-state index in [0.29, 0.717) is 11.3 Å². The lowest BCUT2D eigenvalue weighted by Crippen LogP contribution is -2.60. The Labute approximate surface area is 115 Å². The highest BCUT2D eigenvalue weighted by Crippen LogP contribution is 2.41. The van der Waals surface area contributed by atoms with Gasteiger partial charge in [-0.05, 0) is 44.8 Å². The third-order valence-electron chi connectivity index (χ3n) is 4.24. The van der Waals surface area contributed by atoms with Crippen molar-refractivity contribution in [3.8, 4) is 0 Å². The van der Waals surface area contributed by atoms with Crippen LogP contribution in [0.1, 0.15) is 40.0 Å². The Hall–Kier alpha value is 0.0700. The summed E-state index contributed by atoms with van der Waals surface area (Å²) < 4.78 is 14.2. The molecule has 3 nitrogen and oxygen atoms in total. The van der Waals surface area contributed by atoms with E-state index in [1.54, 1.807) is 0 Å². The molecule has 2 aliphatic rings. The first kappa shape index (κ1) is 14.5. The normalized spacial score (nSPS) is 26.4. The number of hydrogen-bond donors (Lipinski definition) is 0. The fourth-order valence-electron chi connectivity index (χ4n) is 3.12. The highest BCUT2D eigenvalue weighted by molar-refractivity contribution is 7.82. The summed E-state index contributed by atoms with van der Waals surface area (Å²) in [6, 6.07) is 0. The van der Waals surface area contributed by atoms with Gasteiger partial charge in [-0.3, -0.25) is 0 Å². The van der Waals surface area contributed by atoms with Gasteiger partial charge in [0.05, 0.1) is 11.0 Å². The first-order chi connectivity index (χ1) is 8.54. The molecule has 0 aromatic carbocycles. The van der Waals surface area contributed by atoms with Crippen molar-refractivity contribution in [2.24, 2.45) is 11.3 Å². The van der Waals surface area contributed by atoms with Gasteiger partial charge in [-0.1, -0.05) is 20.8 Å². The summed E-state index contributed by atoms with van der Waals surface area (Å²) in [6.07, 6.45) is 3.88. The van der Waals surface area contributed by atoms with Gasteiger partial charge in [-0.25, -0.2) is 8.51 Å². The van der Waals surface area contributed by atoms with Gasteiger partial charge in [0, 0.05) is 24.3 Å². The van der Waals surface area contributed by atoms with Gasteiger partial charge in [-0.15, -0.1) is 0 Å². The standard InChI is InChI=1S/C14H28N2OS/c1-4-7-15-8-5-14(6-9-15)11-16(12-14)18(17)10-13(2)3/h13H,4-12H2,1-3H3. The summed E-state index contributed by atoms with van der Waals surface area (Å²) >= 11 is 0. The largest absolute Gasteiger partial charge is 0.303 e. The Kier molecular flexibility index (Phi) is 4.84. The first-order valence-corrected chi connectivity index (χ1v) is 8.68. The molecule has 1 unspecified atom stereocenters. The second-order valence-electron chi connectivity index (χ2n) is 6.52. The fraction of sp³-hybridized carbons (Fsp3) is 1.00. The number of piperidine rings is 1. The Balaban J connectivity index is 1.74. The lowest BCUT2D eigenvalue weighted by molar-refractivity contribution is 0.00353. The Morgan fingerprint density at radius 1 is 1.22 bits per heavy atom. The third-order valence-corrected chi connectivity index (χ3v) is 6.03. The zero-order valence-electron chi connectivity index (χ0n) is 12.2. The second kappa shape index (κ2) is 6.02. The number of rotatable bonds is 5. The van der Waals surface area contributed by atoms with Gasteiger partial charge < -0.3 is 4.90 Å². The maximum Gasteiger partial charge on any atom is 0.0945 e. The van der Waals surface area contributed by atoms with E-state index in [4.69, 9.17) is 0 Å². The Bertz CT molecular complexity index is 290. The van der Waals surface area contributed by atoms with E-state index < -0.39 is 11.0 Å². The maximum absolute atomic E-state index is 12.1. The van der Waals surface area contributed by atoms with Crippen molar-refractivity contribution >= 4 is 11.0 Å². The van der Waals surface area contributed by atoms with Crippen LogP contribution < -0.4 is 0 Å². The van der Waals surface area contributed by atoms with Crippen LogP contribution in [-0.2, 0) is 11.0 Å². The molecule has 2 aliphatic heterocycles. The molecule has 0 aromatic rings. The SMILES string of the molecule is CCCN1CCC2(CC1)CN(S(=O)CC(C)C)C2. The van der Waals surface area contributed by atoms with Gasteiger partial charge in [0.25, 0.3) is 0 Å². The van der Waals surface area contributed by atoms with Crippen LogP contribution in [0, 0.1) is 11.3 Å². The van der Waals surface area contributed by atoms with Crippen LogP contribution in [0.4, 0.5) is 0 Å². The van der Waals surface area contributed by atoms with E-state index in [1.807, 2.05) is 0 Å². The van der Waals surface area contributed by atoms with Crippen molar-refractivity contribution in [1.29, 1.82) is 0 Å². The predicted molar refractivity (Wildman–Crippen MR) is 77.8 cm³/mol. The second-order valence-corrected chi connectivity index (χ2v) is 8.01. The predicted octanol–water partition coefficient (Wildman–Crippen LogP) is 2.11. The molecule has 0 bridgehead atoms. The molecule has 0 radical (unpaired) electrons. The topological polar surface area (TPSA) is 23.6 Å². The molecule has 106 valence electrons. The molecule has 2 rings (SSSR count). The molecule has 18 heavy (non-hydrogen) atoms. The van der Waals surface area contributed by atoms with Crippen LogP contribution >= 0.6 is 0 Å². The molecular formula is C14H28N2OS. The van der Waals surface area contributed by atoms with E-state index in [2.05, 4.69) is 30.0 Å². The van der Waals surface area contributed by atoms with Crippen LogP contribution in [-0.4, -0.2) is 51.9 Å². The minimum atomic E-state index is -0.728. The Morgan fingerprint density at radius 3 is 2.33 bits per heavy atom. The average Bonchev–Trinajstić information content (AvgIpc) is 2.26. The molecule has 1 atom stereocenters. The van der Waals surface area contributed by atoms with Crippen molar-refractivity contribution < 1.29 is 4.21 Å². The molecule has 4 heteroatoms. The first-order valence-electron chi connectivity index (χ1n) is 7.40. The van der Waals surface area contributed by atoms with Gasteiger partial charge in [0.1, 0.15) is 0 Å². The minimum absolute atomic E-state index is 0.511. The van der Waals surface area contributed by atoms with Crippen molar-refractivity contribution in [1.82, 2.24) is 9.21 Å². The van der Waals surface area contributed by atoms with Crippen LogP contribution in [0.3, 0.4) is 0 Å². The molecule has 1 spiro atoms. The molecule has 2 saturated heterocycles. The molecule has 0 amide bonds. The maximum atomic E-state index is 12.1. The van der Waals surface area contributed by atoms with Gasteiger partial charge >= 0.3 is 0 Å². The van der Waals surface area contributed by atoms with E-state index in [0.717, 1.165) is 18.8 Å². The molecule has 0 aliphatic carbocycles. The summed E-state index contributed by atoms with van der Waals surface area (Å²) in [5, 5.41) is 0. The van der Waals surface area contributed by atoms with E-state index in [-0.39, 0.29) is 0 Å². The molecular weight excluding hydrogens is 244 g/mol. The molecule has 0 N–H and O–H groups in total. The summed E-state index contributed by atoms with van der Waals surface area (Å²) in [7, 11) is -0.728. The highest BCUT2D eigenvalue weighted by atomic mass is 32.2. The summed E-state index contributed by atoms with van der Waals surface area (Å²) in [5.74, 6) is 1.37.